The fraction of sp³-hybridized carbons (Fsp3) is 0.864. The largest absolute Gasteiger partial charge is 0.462 e. The van der Waals surface area contributed by atoms with Crippen LogP contribution in [0.3, 0.4) is 0 Å². The predicted molar refractivity (Wildman–Crippen MR) is 282 cm³/mol. The Labute approximate surface area is 404 Å². The number of aliphatic hydroxyl groups is 2. The first kappa shape index (κ1) is 63.1. The van der Waals surface area contributed by atoms with Gasteiger partial charge in [0.15, 0.2) is 0 Å². The number of rotatable bonds is 52. The lowest BCUT2D eigenvalue weighted by Crippen LogP contribution is -2.46. The molecule has 0 heterocycles. The zero-order chi connectivity index (χ0) is 47.4. The Morgan fingerprint density at radius 2 is 0.831 bits per heavy atom. The average Bonchev–Trinajstić information content (AvgIpc) is 3.30. The molecule has 1 amide bonds. The van der Waals surface area contributed by atoms with Gasteiger partial charge in [-0.2, -0.15) is 0 Å². The zero-order valence-electron chi connectivity index (χ0n) is 43.6. The Bertz CT molecular complexity index is 1070. The highest BCUT2D eigenvalue weighted by Crippen LogP contribution is 2.19. The van der Waals surface area contributed by atoms with Crippen LogP contribution in [0, 0.1) is 0 Å². The number of aliphatic hydroxyl groups excluding tert-OH is 2. The van der Waals surface area contributed by atoms with Gasteiger partial charge in [-0.3, -0.25) is 9.59 Å². The molecule has 3 N–H and O–H groups in total. The van der Waals surface area contributed by atoms with Gasteiger partial charge in [0.2, 0.25) is 5.91 Å². The molecule has 0 spiro atoms. The third kappa shape index (κ3) is 48.3. The molecule has 0 aliphatic heterocycles. The molecule has 6 heteroatoms. The lowest BCUT2D eigenvalue weighted by molar-refractivity contribution is -0.151. The van der Waals surface area contributed by atoms with E-state index in [9.17, 15) is 19.8 Å². The van der Waals surface area contributed by atoms with E-state index in [0.29, 0.717) is 19.3 Å². The van der Waals surface area contributed by atoms with Crippen LogP contribution in [0.1, 0.15) is 303 Å². The van der Waals surface area contributed by atoms with Crippen molar-refractivity contribution in [2.75, 3.05) is 6.61 Å². The molecule has 0 fully saturated rings. The van der Waals surface area contributed by atoms with Gasteiger partial charge in [0.25, 0.3) is 0 Å². The summed E-state index contributed by atoms with van der Waals surface area (Å²) in [7, 11) is 0. The highest BCUT2D eigenvalue weighted by Gasteiger charge is 2.24. The minimum atomic E-state index is -0.792. The number of carbonyl (C=O) groups excluding carboxylic acids is 2. The highest BCUT2D eigenvalue weighted by molar-refractivity contribution is 5.77. The maximum absolute atomic E-state index is 13.3. The second-order valence-electron chi connectivity index (χ2n) is 19.7. The first-order valence-electron chi connectivity index (χ1n) is 28.7. The number of allylic oxidation sites excluding steroid dienone is 6. The second kappa shape index (κ2) is 53.0. The number of hydrogen-bond donors (Lipinski definition) is 3. The Kier molecular flexibility index (Phi) is 51.5. The number of esters is 1. The third-order valence-corrected chi connectivity index (χ3v) is 13.2. The minimum Gasteiger partial charge on any atom is -0.462 e. The quantitative estimate of drug-likeness (QED) is 0.0321. The number of ether oxygens (including phenoxy) is 1. The smallest absolute Gasteiger partial charge is 0.306 e. The summed E-state index contributed by atoms with van der Waals surface area (Å²) in [5, 5.41) is 23.9. The van der Waals surface area contributed by atoms with Crippen molar-refractivity contribution in [2.24, 2.45) is 0 Å². The van der Waals surface area contributed by atoms with E-state index in [1.807, 2.05) is 0 Å². The second-order valence-corrected chi connectivity index (χ2v) is 19.7. The molecule has 0 aromatic carbocycles. The fourth-order valence-electron chi connectivity index (χ4n) is 8.92. The topological polar surface area (TPSA) is 95.9 Å². The lowest BCUT2D eigenvalue weighted by Gasteiger charge is -2.24. The summed E-state index contributed by atoms with van der Waals surface area (Å²) in [6.07, 6.45) is 63.5. The summed E-state index contributed by atoms with van der Waals surface area (Å²) in [5.41, 5.74) is 0. The van der Waals surface area contributed by atoms with Crippen LogP contribution in [0.2, 0.25) is 0 Å². The maximum Gasteiger partial charge on any atom is 0.306 e. The molecule has 0 saturated heterocycles. The fourth-order valence-corrected chi connectivity index (χ4v) is 8.92. The van der Waals surface area contributed by atoms with Gasteiger partial charge in [0.1, 0.15) is 6.10 Å². The molecule has 0 aliphatic carbocycles. The van der Waals surface area contributed by atoms with Crippen LogP contribution < -0.4 is 5.32 Å². The van der Waals surface area contributed by atoms with Gasteiger partial charge in [0, 0.05) is 6.42 Å². The monoisotopic (exact) mass is 914 g/mol. The molecule has 0 saturated carbocycles. The summed E-state index contributed by atoms with van der Waals surface area (Å²) < 4.78 is 5.95. The number of unbranched alkanes of at least 4 members (excludes halogenated alkanes) is 34. The van der Waals surface area contributed by atoms with Crippen molar-refractivity contribution < 1.29 is 24.5 Å². The van der Waals surface area contributed by atoms with Gasteiger partial charge >= 0.3 is 5.97 Å². The van der Waals surface area contributed by atoms with Gasteiger partial charge in [0.05, 0.1) is 25.2 Å². The average molecular weight is 915 g/mol. The first-order chi connectivity index (χ1) is 32.0. The molecule has 0 aromatic heterocycles. The normalized spacial score (nSPS) is 13.4. The Morgan fingerprint density at radius 3 is 1.26 bits per heavy atom. The summed E-state index contributed by atoms with van der Waals surface area (Å²) in [4.78, 5) is 26.2. The minimum absolute atomic E-state index is 0.0669. The van der Waals surface area contributed by atoms with Gasteiger partial charge in [-0.15, -0.1) is 0 Å². The molecular formula is C59H111NO5. The summed E-state index contributed by atoms with van der Waals surface area (Å²) in [5.74, 6) is -0.480. The van der Waals surface area contributed by atoms with Crippen molar-refractivity contribution >= 4 is 11.9 Å². The standard InChI is InChI=1S/C59H111NO5/c1-4-7-10-13-16-19-22-25-28-29-31-33-36-39-42-45-48-51-57(62)56(54-61)60-58(63)53-55(50-47-44-41-38-35-32-27-24-21-18-15-12-9-6-3)65-59(64)52-49-46-43-40-37-34-30-26-23-20-17-14-11-8-5-2/h9,12,18,21,27,32,55-57,61-62H,4-8,10-11,13-17,19-20,22-26,28-31,33-54H2,1-3H3,(H,60,63)/b12-9+,21-18+,32-27+. The molecule has 3 atom stereocenters. The van der Waals surface area contributed by atoms with Crippen molar-refractivity contribution in [3.8, 4) is 0 Å². The Balaban J connectivity index is 4.52. The summed E-state index contributed by atoms with van der Waals surface area (Å²) in [6, 6.07) is -0.707. The van der Waals surface area contributed by atoms with Crippen LogP contribution in [0.4, 0.5) is 0 Å². The molecule has 65 heavy (non-hydrogen) atoms. The molecular weight excluding hydrogens is 803 g/mol. The molecule has 0 aromatic rings. The maximum atomic E-state index is 13.3. The van der Waals surface area contributed by atoms with E-state index < -0.39 is 18.2 Å². The summed E-state index contributed by atoms with van der Waals surface area (Å²) >= 11 is 0. The first-order valence-corrected chi connectivity index (χ1v) is 28.7. The van der Waals surface area contributed by atoms with E-state index in [4.69, 9.17) is 4.74 Å². The van der Waals surface area contributed by atoms with E-state index in [2.05, 4.69) is 62.5 Å². The van der Waals surface area contributed by atoms with E-state index in [-0.39, 0.29) is 24.9 Å². The lowest BCUT2D eigenvalue weighted by atomic mass is 10.0. The third-order valence-electron chi connectivity index (χ3n) is 13.2. The molecule has 382 valence electrons. The predicted octanol–water partition coefficient (Wildman–Crippen LogP) is 17.6. The van der Waals surface area contributed by atoms with E-state index >= 15 is 0 Å². The Morgan fingerprint density at radius 1 is 0.462 bits per heavy atom. The van der Waals surface area contributed by atoms with Crippen LogP contribution in [-0.4, -0.2) is 46.9 Å². The Hall–Kier alpha value is -1.92. The van der Waals surface area contributed by atoms with Crippen molar-refractivity contribution in [1.82, 2.24) is 5.32 Å². The van der Waals surface area contributed by atoms with Crippen molar-refractivity contribution in [2.45, 2.75) is 322 Å². The molecule has 0 bridgehead atoms. The van der Waals surface area contributed by atoms with Crippen LogP contribution >= 0.6 is 0 Å². The van der Waals surface area contributed by atoms with Gasteiger partial charge in [-0.25, -0.2) is 0 Å². The van der Waals surface area contributed by atoms with Crippen molar-refractivity contribution in [3.63, 3.8) is 0 Å². The number of nitrogens with one attached hydrogen (secondary N) is 1. The van der Waals surface area contributed by atoms with Crippen LogP contribution in [0.5, 0.6) is 0 Å². The van der Waals surface area contributed by atoms with Crippen molar-refractivity contribution in [3.05, 3.63) is 36.5 Å². The number of carbonyl (C=O) groups is 2. The van der Waals surface area contributed by atoms with E-state index in [1.54, 1.807) is 0 Å². The van der Waals surface area contributed by atoms with Gasteiger partial charge in [-0.1, -0.05) is 269 Å². The molecule has 0 aliphatic rings. The number of amides is 1. The summed E-state index contributed by atoms with van der Waals surface area (Å²) in [6.45, 7) is 6.40. The van der Waals surface area contributed by atoms with Gasteiger partial charge < -0.3 is 20.3 Å². The molecule has 0 radical (unpaired) electrons. The van der Waals surface area contributed by atoms with E-state index in [0.717, 1.165) is 83.5 Å². The van der Waals surface area contributed by atoms with Crippen LogP contribution in [0.15, 0.2) is 36.5 Å². The van der Waals surface area contributed by atoms with Crippen molar-refractivity contribution in [1.29, 1.82) is 0 Å². The molecule has 3 unspecified atom stereocenters. The zero-order valence-corrected chi connectivity index (χ0v) is 43.6. The van der Waals surface area contributed by atoms with Crippen LogP contribution in [0.25, 0.3) is 0 Å². The molecule has 0 rings (SSSR count). The van der Waals surface area contributed by atoms with Gasteiger partial charge in [-0.05, 0) is 57.8 Å². The van der Waals surface area contributed by atoms with E-state index in [1.165, 1.54) is 173 Å². The molecule has 6 nitrogen and oxygen atoms in total. The highest BCUT2D eigenvalue weighted by atomic mass is 16.5. The van der Waals surface area contributed by atoms with Crippen LogP contribution in [-0.2, 0) is 14.3 Å². The SMILES string of the molecule is CC/C=C/C/C=C/C/C=C/CCCCCCC(CC(=O)NC(CO)C(O)CCCCCCCCCCCCCCCCCCC)OC(=O)CCCCCCCCCCCCCCCCC. The number of hydrogen-bond acceptors (Lipinski definition) is 5.